The summed E-state index contributed by atoms with van der Waals surface area (Å²) >= 11 is 3.31. The van der Waals surface area contributed by atoms with Gasteiger partial charge in [0.2, 0.25) is 0 Å². The minimum atomic E-state index is 0. The van der Waals surface area contributed by atoms with E-state index in [1.807, 2.05) is 0 Å². The van der Waals surface area contributed by atoms with Gasteiger partial charge in [-0.05, 0) is 49.6 Å². The van der Waals surface area contributed by atoms with Crippen LogP contribution in [-0.2, 0) is 0 Å². The summed E-state index contributed by atoms with van der Waals surface area (Å²) in [6.07, 6.45) is 0. The first-order chi connectivity index (χ1) is 4.33. The van der Waals surface area contributed by atoms with Gasteiger partial charge in [0.1, 0.15) is 0 Å². The molecule has 0 unspecified atom stereocenters. The Labute approximate surface area is 90.5 Å². The lowest BCUT2D eigenvalue weighted by Gasteiger charge is -1.93. The highest BCUT2D eigenvalue weighted by atomic mass is 79.9. The van der Waals surface area contributed by atoms with Gasteiger partial charge in [0, 0.05) is 4.90 Å². The van der Waals surface area contributed by atoms with E-state index in [0.29, 0.717) is 0 Å². The molecule has 88 valence electrons. The van der Waals surface area contributed by atoms with Crippen molar-refractivity contribution in [3.63, 3.8) is 0 Å². The average Bonchev–Trinajstić information content (AvgIpc) is 1.88. The Morgan fingerprint density at radius 3 is 1.79 bits per heavy atom. The molecule has 0 bridgehead atoms. The van der Waals surface area contributed by atoms with E-state index in [0.717, 1.165) is 0 Å². The monoisotopic (exact) mass is 302 g/mol. The zero-order valence-electron chi connectivity index (χ0n) is 7.14. The minimum Gasteiger partial charge on any atom is -0.269 e. The van der Waals surface area contributed by atoms with Gasteiger partial charge < -0.3 is 0 Å². The van der Waals surface area contributed by atoms with Gasteiger partial charge in [-0.3, -0.25) is 23.5 Å². The van der Waals surface area contributed by atoms with Crippen LogP contribution in [0.4, 0.5) is 23.5 Å². The summed E-state index contributed by atoms with van der Waals surface area (Å²) in [7, 11) is 1.60. The first-order valence-electron chi connectivity index (χ1n) is 2.68. The van der Waals surface area contributed by atoms with Crippen LogP contribution < -0.4 is 0 Å². The van der Waals surface area contributed by atoms with E-state index in [4.69, 9.17) is 0 Å². The highest BCUT2D eigenvalue weighted by Crippen LogP contribution is 2.24. The Balaban J connectivity index is -0.0000000540. The molecule has 0 aliphatic rings. The number of hydrogen-bond acceptors (Lipinski definition) is 1. The third-order valence-electron chi connectivity index (χ3n) is 1.08. The first-order valence-corrected chi connectivity index (χ1v) is 5.34. The fraction of sp³-hybridized carbons (Fsp3) is 0.143. The molecule has 0 radical (unpaired) electrons. The molecule has 0 amide bonds. The Kier molecular flexibility index (Phi) is 31.7. The van der Waals surface area contributed by atoms with E-state index >= 15 is 0 Å². The number of benzene rings is 1. The van der Waals surface area contributed by atoms with Crippen molar-refractivity contribution in [1.29, 1.82) is 0 Å². The standard InChI is InChI=1S/C7H7BrS.5FH/c1-6-3-2-4-7(5-6)9-8;;;;;/h2-5H,1H3;5*1H. The van der Waals surface area contributed by atoms with Crippen LogP contribution in [0.1, 0.15) is 5.56 Å². The molecule has 14 heavy (non-hydrogen) atoms. The van der Waals surface area contributed by atoms with Crippen molar-refractivity contribution in [2.75, 3.05) is 0 Å². The average molecular weight is 303 g/mol. The van der Waals surface area contributed by atoms with Gasteiger partial charge in [-0.1, -0.05) is 12.1 Å². The van der Waals surface area contributed by atoms with Crippen molar-refractivity contribution in [3.8, 4) is 0 Å². The van der Waals surface area contributed by atoms with Gasteiger partial charge in [0.25, 0.3) is 0 Å². The molecular weight excluding hydrogens is 291 g/mol. The lowest BCUT2D eigenvalue weighted by Crippen LogP contribution is -1.69. The van der Waals surface area contributed by atoms with Crippen LogP contribution in [-0.4, -0.2) is 0 Å². The number of rotatable bonds is 1. The molecule has 1 aromatic carbocycles. The molecule has 0 aromatic heterocycles. The topological polar surface area (TPSA) is 0 Å². The molecule has 0 aliphatic heterocycles. The third kappa shape index (κ3) is 9.79. The van der Waals surface area contributed by atoms with Gasteiger partial charge in [0.05, 0.1) is 0 Å². The van der Waals surface area contributed by atoms with E-state index in [1.165, 1.54) is 10.5 Å². The minimum absolute atomic E-state index is 0. The highest BCUT2D eigenvalue weighted by molar-refractivity contribution is 9.50. The SMILES string of the molecule is Cc1cccc(SBr)c1.F.F.F.F.F. The smallest absolute Gasteiger partial charge is 0.0190 e. The molecule has 1 rings (SSSR count). The Hall–Kier alpha value is -0.300. The van der Waals surface area contributed by atoms with Gasteiger partial charge in [0.15, 0.2) is 0 Å². The summed E-state index contributed by atoms with van der Waals surface area (Å²) in [4.78, 5) is 1.26. The zero-order valence-corrected chi connectivity index (χ0v) is 9.54. The predicted octanol–water partition coefficient (Wildman–Crippen LogP) is 4.16. The maximum atomic E-state index is 3.31. The fourth-order valence-corrected chi connectivity index (χ4v) is 1.63. The number of hydrogen-bond donors (Lipinski definition) is 0. The second-order valence-electron chi connectivity index (χ2n) is 1.89. The van der Waals surface area contributed by atoms with Crippen molar-refractivity contribution >= 4 is 25.0 Å². The van der Waals surface area contributed by atoms with Crippen LogP contribution in [0.25, 0.3) is 0 Å². The Morgan fingerprint density at radius 1 is 1.00 bits per heavy atom. The molecular formula is C7H12BrF5S. The summed E-state index contributed by atoms with van der Waals surface area (Å²) in [5, 5.41) is 0. The van der Waals surface area contributed by atoms with Crippen LogP contribution in [0.2, 0.25) is 0 Å². The van der Waals surface area contributed by atoms with Crippen molar-refractivity contribution < 1.29 is 23.5 Å². The van der Waals surface area contributed by atoms with E-state index in [-0.39, 0.29) is 23.5 Å². The van der Waals surface area contributed by atoms with Crippen molar-refractivity contribution in [2.45, 2.75) is 11.8 Å². The van der Waals surface area contributed by atoms with Gasteiger partial charge >= 0.3 is 0 Å². The predicted molar refractivity (Wildman–Crippen MR) is 58.5 cm³/mol. The Morgan fingerprint density at radius 2 is 1.50 bits per heavy atom. The molecule has 1 aromatic rings. The van der Waals surface area contributed by atoms with Crippen molar-refractivity contribution in [1.82, 2.24) is 0 Å². The highest BCUT2D eigenvalue weighted by Gasteiger charge is 1.87. The second kappa shape index (κ2) is 15.2. The molecule has 0 spiro atoms. The summed E-state index contributed by atoms with van der Waals surface area (Å²) in [5.74, 6) is 0. The first kappa shape index (κ1) is 29.2. The molecule has 0 heterocycles. The van der Waals surface area contributed by atoms with Crippen LogP contribution >= 0.6 is 25.0 Å². The van der Waals surface area contributed by atoms with Crippen LogP contribution in [0.3, 0.4) is 0 Å². The van der Waals surface area contributed by atoms with Crippen molar-refractivity contribution in [2.24, 2.45) is 0 Å². The molecule has 0 nitrogen and oxygen atoms in total. The summed E-state index contributed by atoms with van der Waals surface area (Å²) in [5.41, 5.74) is 1.31. The maximum absolute atomic E-state index is 3.31. The molecule has 0 N–H and O–H groups in total. The van der Waals surface area contributed by atoms with Gasteiger partial charge in [-0.15, -0.1) is 0 Å². The van der Waals surface area contributed by atoms with Gasteiger partial charge in [-0.25, -0.2) is 0 Å². The molecule has 0 saturated carbocycles. The van der Waals surface area contributed by atoms with Crippen LogP contribution in [0.15, 0.2) is 29.2 Å². The van der Waals surface area contributed by atoms with E-state index in [9.17, 15) is 0 Å². The molecule has 0 fully saturated rings. The van der Waals surface area contributed by atoms with E-state index in [2.05, 4.69) is 46.0 Å². The second-order valence-corrected chi connectivity index (χ2v) is 3.49. The van der Waals surface area contributed by atoms with Crippen molar-refractivity contribution in [3.05, 3.63) is 29.8 Å². The van der Waals surface area contributed by atoms with Crippen LogP contribution in [0, 0.1) is 6.92 Å². The lowest BCUT2D eigenvalue weighted by molar-refractivity contribution is 1.11. The van der Waals surface area contributed by atoms with Gasteiger partial charge in [-0.2, -0.15) is 0 Å². The van der Waals surface area contributed by atoms with E-state index in [1.54, 1.807) is 10.2 Å². The van der Waals surface area contributed by atoms with E-state index < -0.39 is 0 Å². The lowest BCUT2D eigenvalue weighted by atomic mass is 10.2. The number of aryl methyl sites for hydroxylation is 1. The summed E-state index contributed by atoms with van der Waals surface area (Å²) in [6.45, 7) is 2.09. The Bertz CT molecular complexity index is 211. The molecule has 7 heteroatoms. The molecule has 0 saturated heterocycles. The molecule has 0 atom stereocenters. The quantitative estimate of drug-likeness (QED) is 0.702. The summed E-state index contributed by atoms with van der Waals surface area (Å²) < 4.78 is 0. The molecule has 0 aliphatic carbocycles. The third-order valence-corrected chi connectivity index (χ3v) is 2.63. The van der Waals surface area contributed by atoms with Crippen LogP contribution in [0.5, 0.6) is 0 Å². The maximum Gasteiger partial charge on any atom is 0.0190 e. The fourth-order valence-electron chi connectivity index (χ4n) is 0.663. The summed E-state index contributed by atoms with van der Waals surface area (Å²) in [6, 6.07) is 8.36. The number of halogens is 6. The largest absolute Gasteiger partial charge is 0.269 e. The zero-order chi connectivity index (χ0) is 6.69. The normalized spacial score (nSPS) is 6.14.